The van der Waals surface area contributed by atoms with Gasteiger partial charge in [-0.15, -0.1) is 0 Å². The second-order valence-corrected chi connectivity index (χ2v) is 8.45. The quantitative estimate of drug-likeness (QED) is 0.748. The van der Waals surface area contributed by atoms with Crippen LogP contribution in [0.15, 0.2) is 42.5 Å². The molecule has 3 rings (SSSR count). The van der Waals surface area contributed by atoms with Crippen molar-refractivity contribution in [2.45, 2.75) is 38.6 Å². The van der Waals surface area contributed by atoms with E-state index in [9.17, 15) is 23.2 Å². The number of benzene rings is 2. The molecule has 0 radical (unpaired) electrons. The fraction of sp³-hybridized carbons (Fsp3) is 0.318. The third-order valence-corrected chi connectivity index (χ3v) is 5.08. The van der Waals surface area contributed by atoms with Crippen molar-refractivity contribution in [3.8, 4) is 0 Å². The first-order chi connectivity index (χ1) is 13.9. The third-order valence-electron chi connectivity index (χ3n) is 5.08. The maximum absolute atomic E-state index is 14.2. The zero-order valence-corrected chi connectivity index (χ0v) is 17.2. The second kappa shape index (κ2) is 7.51. The Labute approximate surface area is 173 Å². The van der Waals surface area contributed by atoms with Crippen LogP contribution >= 0.6 is 0 Å². The lowest BCUT2D eigenvalue weighted by atomic mass is 9.87. The highest BCUT2D eigenvalue weighted by molar-refractivity contribution is 6.10. The molecule has 0 aromatic heterocycles. The van der Waals surface area contributed by atoms with Gasteiger partial charge in [-0.05, 0) is 48.2 Å². The molecule has 0 aliphatic carbocycles. The van der Waals surface area contributed by atoms with Gasteiger partial charge in [-0.2, -0.15) is 0 Å². The van der Waals surface area contributed by atoms with Gasteiger partial charge in [-0.1, -0.05) is 32.9 Å². The summed E-state index contributed by atoms with van der Waals surface area (Å²) in [5.41, 5.74) is -0.556. The molecular formula is C22H23F2N3O3. The predicted molar refractivity (Wildman–Crippen MR) is 108 cm³/mol. The Hall–Kier alpha value is -3.29. The highest BCUT2D eigenvalue weighted by Gasteiger charge is 2.50. The average Bonchev–Trinajstić information content (AvgIpc) is 2.87. The Morgan fingerprint density at radius 3 is 2.33 bits per heavy atom. The molecule has 0 spiro atoms. The fourth-order valence-corrected chi connectivity index (χ4v) is 3.30. The Morgan fingerprint density at radius 2 is 1.73 bits per heavy atom. The normalized spacial score (nSPS) is 19.1. The van der Waals surface area contributed by atoms with E-state index < -0.39 is 41.6 Å². The smallest absolute Gasteiger partial charge is 0.325 e. The summed E-state index contributed by atoms with van der Waals surface area (Å²) in [6.45, 7) is 6.91. The largest absolute Gasteiger partial charge is 0.325 e. The van der Waals surface area contributed by atoms with Crippen molar-refractivity contribution >= 4 is 23.5 Å². The minimum absolute atomic E-state index is 0.0424. The lowest BCUT2D eigenvalue weighted by Gasteiger charge is -2.22. The summed E-state index contributed by atoms with van der Waals surface area (Å²) in [7, 11) is 0. The van der Waals surface area contributed by atoms with Gasteiger partial charge < -0.3 is 10.6 Å². The third kappa shape index (κ3) is 4.03. The van der Waals surface area contributed by atoms with E-state index in [0.717, 1.165) is 23.8 Å². The number of nitrogens with zero attached hydrogens (tertiary/aromatic N) is 1. The number of hydrogen-bond acceptors (Lipinski definition) is 3. The van der Waals surface area contributed by atoms with Crippen molar-refractivity contribution in [2.24, 2.45) is 0 Å². The minimum atomic E-state index is -1.81. The highest BCUT2D eigenvalue weighted by Crippen LogP contribution is 2.31. The molecule has 1 aliphatic heterocycles. The molecule has 0 bridgehead atoms. The standard InChI is InChI=1S/C22H23F2N3O3/c1-21(2,3)13-5-8-15(9-6-13)25-18(28)12-27-19(29)22(4,26-20(27)30)16-11-14(23)7-10-17(16)24/h5-11H,12H2,1-4H3,(H,25,28)(H,26,30). The fourth-order valence-electron chi connectivity index (χ4n) is 3.30. The van der Waals surface area contributed by atoms with Gasteiger partial charge in [0.25, 0.3) is 5.91 Å². The molecule has 6 nitrogen and oxygen atoms in total. The minimum Gasteiger partial charge on any atom is -0.325 e. The molecule has 1 fully saturated rings. The predicted octanol–water partition coefficient (Wildman–Crippen LogP) is 3.67. The van der Waals surface area contributed by atoms with Gasteiger partial charge in [-0.3, -0.25) is 14.5 Å². The van der Waals surface area contributed by atoms with Crippen LogP contribution in [0.4, 0.5) is 19.3 Å². The molecule has 4 amide bonds. The molecule has 8 heteroatoms. The zero-order chi connectivity index (χ0) is 22.3. The number of nitrogens with one attached hydrogen (secondary N) is 2. The van der Waals surface area contributed by atoms with E-state index in [-0.39, 0.29) is 11.0 Å². The first-order valence-electron chi connectivity index (χ1n) is 9.42. The van der Waals surface area contributed by atoms with E-state index in [4.69, 9.17) is 0 Å². The topological polar surface area (TPSA) is 78.5 Å². The van der Waals surface area contributed by atoms with Crippen molar-refractivity contribution in [2.75, 3.05) is 11.9 Å². The van der Waals surface area contributed by atoms with Gasteiger partial charge in [-0.25, -0.2) is 13.6 Å². The SMILES string of the molecule is CC(C)(C)c1ccc(NC(=O)CN2C(=O)NC(C)(c3cc(F)ccc3F)C2=O)cc1. The van der Waals surface area contributed by atoms with Crippen molar-refractivity contribution in [3.05, 3.63) is 65.2 Å². The molecule has 30 heavy (non-hydrogen) atoms. The highest BCUT2D eigenvalue weighted by atomic mass is 19.1. The Bertz CT molecular complexity index is 1020. The van der Waals surface area contributed by atoms with E-state index in [0.29, 0.717) is 10.6 Å². The van der Waals surface area contributed by atoms with Crippen molar-refractivity contribution < 1.29 is 23.2 Å². The number of carbonyl (C=O) groups is 3. The molecule has 2 aromatic rings. The van der Waals surface area contributed by atoms with E-state index in [1.165, 1.54) is 6.92 Å². The van der Waals surface area contributed by atoms with Gasteiger partial charge in [0.05, 0.1) is 0 Å². The van der Waals surface area contributed by atoms with Crippen LogP contribution in [-0.2, 0) is 20.5 Å². The van der Waals surface area contributed by atoms with Gasteiger partial charge in [0.1, 0.15) is 23.7 Å². The second-order valence-electron chi connectivity index (χ2n) is 8.45. The number of anilines is 1. The van der Waals surface area contributed by atoms with Gasteiger partial charge in [0.2, 0.25) is 5.91 Å². The van der Waals surface area contributed by atoms with Gasteiger partial charge in [0.15, 0.2) is 0 Å². The van der Waals surface area contributed by atoms with Crippen molar-refractivity contribution in [3.63, 3.8) is 0 Å². The Kier molecular flexibility index (Phi) is 5.36. The molecule has 0 saturated carbocycles. The maximum Gasteiger partial charge on any atom is 0.325 e. The van der Waals surface area contributed by atoms with Gasteiger partial charge >= 0.3 is 6.03 Å². The molecule has 1 saturated heterocycles. The zero-order valence-electron chi connectivity index (χ0n) is 17.2. The maximum atomic E-state index is 14.2. The summed E-state index contributed by atoms with van der Waals surface area (Å²) in [4.78, 5) is 38.2. The lowest BCUT2D eigenvalue weighted by Crippen LogP contribution is -2.42. The molecule has 2 aromatic carbocycles. The summed E-state index contributed by atoms with van der Waals surface area (Å²) in [5, 5.41) is 4.99. The van der Waals surface area contributed by atoms with E-state index in [1.54, 1.807) is 12.1 Å². The van der Waals surface area contributed by atoms with Gasteiger partial charge in [0, 0.05) is 11.3 Å². The van der Waals surface area contributed by atoms with E-state index in [2.05, 4.69) is 31.4 Å². The van der Waals surface area contributed by atoms with Crippen LogP contribution in [0.1, 0.15) is 38.8 Å². The monoisotopic (exact) mass is 415 g/mol. The summed E-state index contributed by atoms with van der Waals surface area (Å²) in [6.07, 6.45) is 0. The Morgan fingerprint density at radius 1 is 1.10 bits per heavy atom. The number of imide groups is 1. The molecule has 1 heterocycles. The number of carbonyl (C=O) groups excluding carboxylic acids is 3. The van der Waals surface area contributed by atoms with Crippen LogP contribution in [-0.4, -0.2) is 29.3 Å². The number of rotatable bonds is 4. The molecule has 1 atom stereocenters. The van der Waals surface area contributed by atoms with Crippen molar-refractivity contribution in [1.82, 2.24) is 10.2 Å². The molecule has 1 unspecified atom stereocenters. The average molecular weight is 415 g/mol. The van der Waals surface area contributed by atoms with Crippen molar-refractivity contribution in [1.29, 1.82) is 0 Å². The van der Waals surface area contributed by atoms with Crippen LogP contribution in [0.2, 0.25) is 0 Å². The molecular weight excluding hydrogens is 392 g/mol. The summed E-state index contributed by atoms with van der Waals surface area (Å²) in [5.74, 6) is -3.01. The van der Waals surface area contributed by atoms with Crippen LogP contribution in [0, 0.1) is 11.6 Å². The van der Waals surface area contributed by atoms with E-state index in [1.807, 2.05) is 12.1 Å². The van der Waals surface area contributed by atoms with Crippen LogP contribution in [0.5, 0.6) is 0 Å². The molecule has 2 N–H and O–H groups in total. The number of hydrogen-bond donors (Lipinski definition) is 2. The lowest BCUT2D eigenvalue weighted by molar-refractivity contribution is -0.133. The number of urea groups is 1. The summed E-state index contributed by atoms with van der Waals surface area (Å²) >= 11 is 0. The molecule has 158 valence electrons. The van der Waals surface area contributed by atoms with Crippen LogP contribution in [0.25, 0.3) is 0 Å². The summed E-state index contributed by atoms with van der Waals surface area (Å²) in [6, 6.07) is 9.02. The van der Waals surface area contributed by atoms with E-state index >= 15 is 0 Å². The Balaban J connectivity index is 1.74. The van der Waals surface area contributed by atoms with Crippen LogP contribution in [0.3, 0.4) is 0 Å². The number of amides is 4. The first-order valence-corrected chi connectivity index (χ1v) is 9.42. The number of halogens is 2. The molecule has 1 aliphatic rings. The first kappa shape index (κ1) is 21.4. The summed E-state index contributed by atoms with van der Waals surface area (Å²) < 4.78 is 27.8. The van der Waals surface area contributed by atoms with Crippen LogP contribution < -0.4 is 10.6 Å².